The number of methoxy groups -OCH3 is 1. The van der Waals surface area contributed by atoms with Gasteiger partial charge in [-0.15, -0.1) is 0 Å². The first kappa shape index (κ1) is 21.8. The number of sulfonamides is 2. The molecule has 1 saturated heterocycles. The molecule has 0 spiro atoms. The lowest BCUT2D eigenvalue weighted by Crippen LogP contribution is -2.56. The molecule has 2 aromatic rings. The third kappa shape index (κ3) is 4.98. The lowest BCUT2D eigenvalue weighted by atomic mass is 10.0. The van der Waals surface area contributed by atoms with Crippen molar-refractivity contribution in [2.45, 2.75) is 24.3 Å². The maximum Gasteiger partial charge on any atom is 0.243 e. The van der Waals surface area contributed by atoms with Gasteiger partial charge in [0.2, 0.25) is 20.0 Å². The van der Waals surface area contributed by atoms with E-state index in [0.717, 1.165) is 17.4 Å². The molecule has 1 fully saturated rings. The fourth-order valence-corrected chi connectivity index (χ4v) is 6.09. The van der Waals surface area contributed by atoms with Crippen LogP contribution in [0.5, 0.6) is 5.75 Å². The SMILES string of the molecule is COc1ccc(C[C@H]2CN(S(=O)(=O)c3ccc(C)cc3)CCN2S(C)(=O)=O)cc1. The molecule has 0 bridgehead atoms. The number of benzene rings is 2. The maximum absolute atomic E-state index is 13.1. The van der Waals surface area contributed by atoms with Gasteiger partial charge >= 0.3 is 0 Å². The Morgan fingerprint density at radius 2 is 1.59 bits per heavy atom. The molecule has 0 unspecified atom stereocenters. The maximum atomic E-state index is 13.1. The zero-order valence-corrected chi connectivity index (χ0v) is 18.4. The number of nitrogens with zero attached hydrogens (tertiary/aromatic N) is 2. The van der Waals surface area contributed by atoms with E-state index in [1.807, 2.05) is 31.2 Å². The fraction of sp³-hybridized carbons (Fsp3) is 0.400. The Morgan fingerprint density at radius 1 is 0.966 bits per heavy atom. The van der Waals surface area contributed by atoms with Crippen molar-refractivity contribution in [1.29, 1.82) is 0 Å². The highest BCUT2D eigenvalue weighted by Gasteiger charge is 2.37. The van der Waals surface area contributed by atoms with Crippen molar-refractivity contribution >= 4 is 20.0 Å². The van der Waals surface area contributed by atoms with Gasteiger partial charge in [-0.25, -0.2) is 16.8 Å². The minimum absolute atomic E-state index is 0.106. The molecule has 0 radical (unpaired) electrons. The van der Waals surface area contributed by atoms with Crippen LogP contribution in [0.15, 0.2) is 53.4 Å². The number of hydrogen-bond acceptors (Lipinski definition) is 5. The minimum Gasteiger partial charge on any atom is -0.497 e. The minimum atomic E-state index is -3.69. The molecule has 0 amide bonds. The van der Waals surface area contributed by atoms with Gasteiger partial charge in [-0.05, 0) is 43.2 Å². The van der Waals surface area contributed by atoms with Crippen molar-refractivity contribution in [3.63, 3.8) is 0 Å². The van der Waals surface area contributed by atoms with Crippen LogP contribution in [0, 0.1) is 6.92 Å². The molecule has 9 heteroatoms. The van der Waals surface area contributed by atoms with Gasteiger partial charge in [-0.3, -0.25) is 0 Å². The summed E-state index contributed by atoms with van der Waals surface area (Å²) in [6.07, 6.45) is 1.58. The summed E-state index contributed by atoms with van der Waals surface area (Å²) in [4.78, 5) is 0.221. The van der Waals surface area contributed by atoms with Crippen molar-refractivity contribution in [3.05, 3.63) is 59.7 Å². The smallest absolute Gasteiger partial charge is 0.243 e. The van der Waals surface area contributed by atoms with Gasteiger partial charge < -0.3 is 4.74 Å². The van der Waals surface area contributed by atoms with Gasteiger partial charge in [0.25, 0.3) is 0 Å². The third-order valence-electron chi connectivity index (χ3n) is 5.11. The molecule has 29 heavy (non-hydrogen) atoms. The quantitative estimate of drug-likeness (QED) is 0.688. The molecule has 0 N–H and O–H groups in total. The van der Waals surface area contributed by atoms with Crippen LogP contribution in [-0.2, 0) is 26.5 Å². The molecule has 1 aliphatic rings. The molecular weight excluding hydrogens is 412 g/mol. The third-order valence-corrected chi connectivity index (χ3v) is 8.32. The summed E-state index contributed by atoms with van der Waals surface area (Å²) in [6.45, 7) is 2.26. The molecule has 0 aliphatic carbocycles. The van der Waals surface area contributed by atoms with E-state index in [-0.39, 0.29) is 24.5 Å². The van der Waals surface area contributed by atoms with Crippen LogP contribution in [0.25, 0.3) is 0 Å². The highest BCUT2D eigenvalue weighted by atomic mass is 32.2. The highest BCUT2D eigenvalue weighted by molar-refractivity contribution is 7.89. The van der Waals surface area contributed by atoms with E-state index in [1.165, 1.54) is 8.61 Å². The average molecular weight is 439 g/mol. The second kappa shape index (κ2) is 8.43. The van der Waals surface area contributed by atoms with Crippen LogP contribution >= 0.6 is 0 Å². The predicted octanol–water partition coefficient (Wildman–Crippen LogP) is 1.88. The predicted molar refractivity (Wildman–Crippen MR) is 112 cm³/mol. The second-order valence-electron chi connectivity index (χ2n) is 7.26. The standard InChI is InChI=1S/C20H26N2O5S2/c1-16-4-10-20(11-5-16)29(25,26)21-12-13-22(28(3,23)24)18(15-21)14-17-6-8-19(27-2)9-7-17/h4-11,18H,12-15H2,1-3H3/t18-/m0/s1. The van der Waals surface area contributed by atoms with Crippen molar-refractivity contribution in [2.75, 3.05) is 33.0 Å². The summed E-state index contributed by atoms with van der Waals surface area (Å²) in [6, 6.07) is 13.6. The summed E-state index contributed by atoms with van der Waals surface area (Å²) in [5, 5.41) is 0. The molecule has 1 heterocycles. The van der Waals surface area contributed by atoms with Crippen molar-refractivity contribution in [2.24, 2.45) is 0 Å². The molecular formula is C20H26N2O5S2. The Morgan fingerprint density at radius 3 is 2.14 bits per heavy atom. The summed E-state index contributed by atoms with van der Waals surface area (Å²) in [7, 11) is -5.57. The van der Waals surface area contributed by atoms with Gasteiger partial charge in [0.15, 0.2) is 0 Å². The number of piperazine rings is 1. The summed E-state index contributed by atoms with van der Waals surface area (Å²) < 4.78 is 58.7. The van der Waals surface area contributed by atoms with E-state index in [0.29, 0.717) is 12.2 Å². The number of hydrogen-bond donors (Lipinski definition) is 0. The van der Waals surface area contributed by atoms with Gasteiger partial charge in [0, 0.05) is 25.7 Å². The first-order valence-electron chi connectivity index (χ1n) is 9.28. The molecule has 1 atom stereocenters. The Bertz CT molecular complexity index is 1050. The van der Waals surface area contributed by atoms with Crippen molar-refractivity contribution < 1.29 is 21.6 Å². The van der Waals surface area contributed by atoms with Gasteiger partial charge in [-0.1, -0.05) is 29.8 Å². The van der Waals surface area contributed by atoms with E-state index in [2.05, 4.69) is 0 Å². The first-order chi connectivity index (χ1) is 13.6. The van der Waals surface area contributed by atoms with Crippen LogP contribution < -0.4 is 4.74 Å². The van der Waals surface area contributed by atoms with Crippen LogP contribution in [-0.4, -0.2) is 64.5 Å². The van der Waals surface area contributed by atoms with E-state index in [1.54, 1.807) is 31.4 Å². The lowest BCUT2D eigenvalue weighted by Gasteiger charge is -2.39. The van der Waals surface area contributed by atoms with E-state index >= 15 is 0 Å². The highest BCUT2D eigenvalue weighted by Crippen LogP contribution is 2.24. The Kier molecular flexibility index (Phi) is 6.33. The molecule has 0 saturated carbocycles. The second-order valence-corrected chi connectivity index (χ2v) is 11.1. The van der Waals surface area contributed by atoms with Gasteiger partial charge in [0.05, 0.1) is 18.3 Å². The van der Waals surface area contributed by atoms with Crippen LogP contribution in [0.3, 0.4) is 0 Å². The first-order valence-corrected chi connectivity index (χ1v) is 12.6. The molecule has 3 rings (SSSR count). The summed E-state index contributed by atoms with van der Waals surface area (Å²) in [5.41, 5.74) is 1.89. The molecule has 7 nitrogen and oxygen atoms in total. The van der Waals surface area contributed by atoms with E-state index in [9.17, 15) is 16.8 Å². The molecule has 0 aromatic heterocycles. The van der Waals surface area contributed by atoms with E-state index < -0.39 is 26.1 Å². The number of aryl methyl sites for hydroxylation is 1. The van der Waals surface area contributed by atoms with Crippen molar-refractivity contribution in [3.8, 4) is 5.75 Å². The molecule has 158 valence electrons. The fourth-order valence-electron chi connectivity index (χ4n) is 3.52. The lowest BCUT2D eigenvalue weighted by molar-refractivity contribution is 0.200. The van der Waals surface area contributed by atoms with E-state index in [4.69, 9.17) is 4.74 Å². The number of rotatable bonds is 6. The van der Waals surface area contributed by atoms with Gasteiger partial charge in [-0.2, -0.15) is 8.61 Å². The number of ether oxygens (including phenoxy) is 1. The normalized spacial score (nSPS) is 19.2. The zero-order chi connectivity index (χ0) is 21.2. The Hall–Kier alpha value is -1.94. The Labute approximate surface area is 173 Å². The molecule has 2 aromatic carbocycles. The topological polar surface area (TPSA) is 84.0 Å². The van der Waals surface area contributed by atoms with Crippen LogP contribution in [0.2, 0.25) is 0 Å². The van der Waals surface area contributed by atoms with Gasteiger partial charge in [0.1, 0.15) is 5.75 Å². The summed E-state index contributed by atoms with van der Waals surface area (Å²) >= 11 is 0. The Balaban J connectivity index is 1.87. The monoisotopic (exact) mass is 438 g/mol. The largest absolute Gasteiger partial charge is 0.497 e. The average Bonchev–Trinajstić information content (AvgIpc) is 2.68. The van der Waals surface area contributed by atoms with Crippen molar-refractivity contribution in [1.82, 2.24) is 8.61 Å². The van der Waals surface area contributed by atoms with Crippen LogP contribution in [0.4, 0.5) is 0 Å². The summed E-state index contributed by atoms with van der Waals surface area (Å²) in [5.74, 6) is 0.709. The zero-order valence-electron chi connectivity index (χ0n) is 16.8. The van der Waals surface area contributed by atoms with Crippen LogP contribution in [0.1, 0.15) is 11.1 Å². The molecule has 1 aliphatic heterocycles.